The van der Waals surface area contributed by atoms with Crippen molar-refractivity contribution in [1.29, 1.82) is 0 Å². The number of aryl methyl sites for hydroxylation is 3. The SMILES string of the molecule is CC(C)(C)NC(=O)N1CCC([C@H]2c3ncc(Br)cc3CCc3cc(Cl)cc(Br)c32)CC1C(=O)N(CCCn1ccnc1)Cc1ccccc1. The van der Waals surface area contributed by atoms with Crippen molar-refractivity contribution in [3.63, 3.8) is 0 Å². The molecule has 1 saturated heterocycles. The summed E-state index contributed by atoms with van der Waals surface area (Å²) < 4.78 is 3.93. The molecule has 4 aromatic rings. The van der Waals surface area contributed by atoms with Crippen molar-refractivity contribution in [3.8, 4) is 0 Å². The van der Waals surface area contributed by atoms with Crippen molar-refractivity contribution in [2.45, 2.75) is 83.5 Å². The Bertz CT molecular complexity index is 1780. The van der Waals surface area contributed by atoms with Crippen LogP contribution in [0.5, 0.6) is 0 Å². The van der Waals surface area contributed by atoms with Gasteiger partial charge in [0.25, 0.3) is 0 Å². The summed E-state index contributed by atoms with van der Waals surface area (Å²) in [6.07, 6.45) is 11.1. The van der Waals surface area contributed by atoms with E-state index in [1.165, 1.54) is 16.7 Å². The van der Waals surface area contributed by atoms with E-state index < -0.39 is 11.6 Å². The van der Waals surface area contributed by atoms with Crippen LogP contribution in [0.2, 0.25) is 5.02 Å². The van der Waals surface area contributed by atoms with Gasteiger partial charge in [-0.05, 0) is 115 Å². The minimum absolute atomic E-state index is 0.0313. The number of halogens is 3. The van der Waals surface area contributed by atoms with Crippen LogP contribution in [-0.2, 0) is 30.7 Å². The highest BCUT2D eigenvalue weighted by molar-refractivity contribution is 9.10. The van der Waals surface area contributed by atoms with Crippen molar-refractivity contribution < 1.29 is 9.59 Å². The Balaban J connectivity index is 1.38. The van der Waals surface area contributed by atoms with E-state index in [0.29, 0.717) is 31.1 Å². The van der Waals surface area contributed by atoms with Gasteiger partial charge in [0.1, 0.15) is 6.04 Å². The Morgan fingerprint density at radius 3 is 2.59 bits per heavy atom. The van der Waals surface area contributed by atoms with Crippen LogP contribution in [0.1, 0.15) is 73.9 Å². The molecule has 1 aliphatic carbocycles. The highest BCUT2D eigenvalue weighted by atomic mass is 79.9. The number of likely N-dealkylation sites (tertiary alicyclic amines) is 1. The zero-order chi connectivity index (χ0) is 34.7. The summed E-state index contributed by atoms with van der Waals surface area (Å²) in [6, 6.07) is 15.4. The van der Waals surface area contributed by atoms with E-state index in [4.69, 9.17) is 16.6 Å². The van der Waals surface area contributed by atoms with Crippen LogP contribution in [0.3, 0.4) is 0 Å². The van der Waals surface area contributed by atoms with Gasteiger partial charge in [-0.15, -0.1) is 0 Å². The number of fused-ring (bicyclic) bond motifs is 2. The third kappa shape index (κ3) is 8.58. The summed E-state index contributed by atoms with van der Waals surface area (Å²) in [5, 5.41) is 3.84. The molecule has 2 aromatic heterocycles. The lowest BCUT2D eigenvalue weighted by Gasteiger charge is -2.44. The van der Waals surface area contributed by atoms with Crippen LogP contribution in [0.25, 0.3) is 0 Å². The number of piperidine rings is 1. The van der Waals surface area contributed by atoms with Gasteiger partial charge in [-0.25, -0.2) is 9.78 Å². The number of nitrogens with one attached hydrogen (secondary N) is 1. The molecule has 0 saturated carbocycles. The molecule has 11 heteroatoms. The summed E-state index contributed by atoms with van der Waals surface area (Å²) in [4.78, 5) is 41.8. The van der Waals surface area contributed by atoms with Gasteiger partial charge in [-0.2, -0.15) is 0 Å². The van der Waals surface area contributed by atoms with E-state index in [1.807, 2.05) is 66.9 Å². The Hall–Kier alpha value is -3.21. The molecule has 1 N–H and O–H groups in total. The van der Waals surface area contributed by atoms with Crippen molar-refractivity contribution >= 4 is 55.4 Å². The predicted molar refractivity (Wildman–Crippen MR) is 201 cm³/mol. The van der Waals surface area contributed by atoms with Crippen LogP contribution < -0.4 is 5.32 Å². The Morgan fingerprint density at radius 1 is 1.08 bits per heavy atom. The number of rotatable bonds is 8. The molecule has 0 bridgehead atoms. The molecule has 3 amide bonds. The summed E-state index contributed by atoms with van der Waals surface area (Å²) in [6.45, 7) is 8.13. The zero-order valence-corrected chi connectivity index (χ0v) is 32.1. The van der Waals surface area contributed by atoms with E-state index in [2.05, 4.69) is 66.4 Å². The zero-order valence-electron chi connectivity index (χ0n) is 28.2. The monoisotopic (exact) mass is 808 g/mol. The molecular weight excluding hydrogens is 768 g/mol. The molecule has 3 heterocycles. The lowest BCUT2D eigenvalue weighted by Crippen LogP contribution is -2.59. The number of amides is 3. The Kier molecular flexibility index (Phi) is 11.2. The van der Waals surface area contributed by atoms with Crippen LogP contribution in [0.4, 0.5) is 4.79 Å². The van der Waals surface area contributed by atoms with Gasteiger partial charge >= 0.3 is 6.03 Å². The van der Waals surface area contributed by atoms with E-state index in [0.717, 1.165) is 52.4 Å². The minimum Gasteiger partial charge on any atom is -0.337 e. The summed E-state index contributed by atoms with van der Waals surface area (Å²) >= 11 is 14.1. The first-order valence-corrected chi connectivity index (χ1v) is 18.9. The van der Waals surface area contributed by atoms with E-state index in [1.54, 1.807) is 17.4 Å². The maximum atomic E-state index is 15.0. The summed E-state index contributed by atoms with van der Waals surface area (Å²) in [7, 11) is 0. The molecule has 3 atom stereocenters. The predicted octanol–water partition coefficient (Wildman–Crippen LogP) is 8.39. The number of carbonyl (C=O) groups is 2. The first-order valence-electron chi connectivity index (χ1n) is 17.0. The van der Waals surface area contributed by atoms with Crippen LogP contribution in [-0.4, -0.2) is 60.9 Å². The number of urea groups is 1. The van der Waals surface area contributed by atoms with Crippen LogP contribution >= 0.6 is 43.5 Å². The lowest BCUT2D eigenvalue weighted by atomic mass is 9.74. The Labute approximate surface area is 310 Å². The molecule has 6 rings (SSSR count). The van der Waals surface area contributed by atoms with Crippen LogP contribution in [0.15, 0.2) is 82.4 Å². The van der Waals surface area contributed by atoms with Gasteiger partial charge < -0.3 is 19.7 Å². The fraction of sp³-hybridized carbons (Fsp3) is 0.421. The maximum Gasteiger partial charge on any atom is 0.318 e. The molecule has 49 heavy (non-hydrogen) atoms. The molecule has 0 radical (unpaired) electrons. The number of aromatic nitrogens is 3. The number of hydrogen-bond acceptors (Lipinski definition) is 4. The second-order valence-corrected chi connectivity index (χ2v) is 16.4. The van der Waals surface area contributed by atoms with Gasteiger partial charge in [0, 0.05) is 70.2 Å². The highest BCUT2D eigenvalue weighted by Gasteiger charge is 2.44. The molecule has 2 unspecified atom stereocenters. The largest absolute Gasteiger partial charge is 0.337 e. The topological polar surface area (TPSA) is 83.4 Å². The van der Waals surface area contributed by atoms with E-state index in [-0.39, 0.29) is 23.8 Å². The molecular formula is C38H43Br2ClN6O2. The van der Waals surface area contributed by atoms with Gasteiger partial charge in [0.2, 0.25) is 5.91 Å². The number of pyridine rings is 1. The normalized spacial score (nSPS) is 19.1. The molecule has 8 nitrogen and oxygen atoms in total. The van der Waals surface area contributed by atoms with Crippen molar-refractivity contribution in [2.24, 2.45) is 5.92 Å². The molecule has 1 aliphatic heterocycles. The van der Waals surface area contributed by atoms with Gasteiger partial charge in [-0.3, -0.25) is 9.78 Å². The smallest absolute Gasteiger partial charge is 0.318 e. The first-order chi connectivity index (χ1) is 23.5. The second-order valence-electron chi connectivity index (χ2n) is 14.2. The van der Waals surface area contributed by atoms with E-state index in [9.17, 15) is 9.59 Å². The molecule has 2 aromatic carbocycles. The Morgan fingerprint density at radius 2 is 1.86 bits per heavy atom. The first kappa shape index (κ1) is 35.6. The number of imidazole rings is 1. The number of benzene rings is 2. The van der Waals surface area contributed by atoms with Gasteiger partial charge in [0.15, 0.2) is 0 Å². The minimum atomic E-state index is -0.644. The van der Waals surface area contributed by atoms with Gasteiger partial charge in [-0.1, -0.05) is 57.9 Å². The maximum absolute atomic E-state index is 15.0. The quantitative estimate of drug-likeness (QED) is 0.194. The third-order valence-electron chi connectivity index (χ3n) is 9.49. The fourth-order valence-electron chi connectivity index (χ4n) is 7.34. The standard InChI is InChI=1S/C38H43Br2ClN6O2/c1-38(2,3)44-37(49)47-16-12-27(34-33-26(19-30(41)21-31(33)40)10-11-28-18-29(39)22-43-35(28)34)20-32(47)36(48)46(23-25-8-5-4-6-9-25)15-7-14-45-17-13-42-24-45/h4-6,8-9,13,17-19,21-22,24,27,32,34H,7,10-12,14-16,20,23H2,1-3H3,(H,44,49)/t27?,32?,34-/m1/s1. The van der Waals surface area contributed by atoms with Gasteiger partial charge in [0.05, 0.1) is 12.0 Å². The highest BCUT2D eigenvalue weighted by Crippen LogP contribution is 2.47. The summed E-state index contributed by atoms with van der Waals surface area (Å²) in [5.74, 6) is -0.0469. The fourth-order valence-corrected chi connectivity index (χ4v) is 8.84. The van der Waals surface area contributed by atoms with E-state index >= 15 is 0 Å². The molecule has 1 fully saturated rings. The molecule has 2 aliphatic rings. The lowest BCUT2D eigenvalue weighted by molar-refractivity contribution is -0.138. The molecule has 258 valence electrons. The summed E-state index contributed by atoms with van der Waals surface area (Å²) in [5.41, 5.74) is 5.22. The second kappa shape index (κ2) is 15.4. The van der Waals surface area contributed by atoms with Crippen molar-refractivity contribution in [2.75, 3.05) is 13.1 Å². The number of nitrogens with zero attached hydrogens (tertiary/aromatic N) is 5. The molecule has 0 spiro atoms. The number of carbonyl (C=O) groups excluding carboxylic acids is 2. The average Bonchev–Trinajstić information content (AvgIpc) is 3.52. The average molecular weight is 811 g/mol. The number of hydrogen-bond donors (Lipinski definition) is 1. The van der Waals surface area contributed by atoms with Crippen LogP contribution in [0, 0.1) is 5.92 Å². The van der Waals surface area contributed by atoms with Crippen molar-refractivity contribution in [1.82, 2.24) is 29.7 Å². The third-order valence-corrected chi connectivity index (χ3v) is 10.8. The van der Waals surface area contributed by atoms with Crippen molar-refractivity contribution in [3.05, 3.63) is 115 Å².